The van der Waals surface area contributed by atoms with Crippen molar-refractivity contribution in [3.8, 4) is 0 Å². The van der Waals surface area contributed by atoms with Crippen molar-refractivity contribution >= 4 is 39.1 Å². The van der Waals surface area contributed by atoms with Crippen molar-refractivity contribution in [3.05, 3.63) is 40.4 Å². The highest BCUT2D eigenvalue weighted by molar-refractivity contribution is 7.83. The fraction of sp³-hybridized carbons (Fsp3) is 0.333. The Morgan fingerprint density at radius 2 is 2.15 bits per heavy atom. The van der Waals surface area contributed by atoms with Gasteiger partial charge in [-0.15, -0.1) is 0 Å². The molecule has 4 nitrogen and oxygen atoms in total. The summed E-state index contributed by atoms with van der Waals surface area (Å²) in [6, 6.07) is 4.42. The third-order valence-electron chi connectivity index (χ3n) is 2.50. The van der Waals surface area contributed by atoms with Crippen LogP contribution < -0.4 is 4.90 Å². The molecule has 0 N–H and O–H groups in total. The van der Waals surface area contributed by atoms with Crippen LogP contribution in [-0.2, 0) is 22.3 Å². The Labute approximate surface area is 128 Å². The first-order valence-electron chi connectivity index (χ1n) is 5.75. The van der Waals surface area contributed by atoms with Crippen molar-refractivity contribution in [2.75, 3.05) is 19.0 Å². The first kappa shape index (κ1) is 15.3. The van der Waals surface area contributed by atoms with Crippen LogP contribution in [0.15, 0.2) is 18.2 Å². The molecule has 0 radical (unpaired) electrons. The van der Waals surface area contributed by atoms with E-state index in [-0.39, 0.29) is 17.1 Å². The number of rotatable bonds is 5. The molecule has 0 saturated carbocycles. The van der Waals surface area contributed by atoms with Crippen LogP contribution in [0.1, 0.15) is 11.4 Å². The standard InChI is InChI=1S/C12H13ClFN3OS2/c1-17(2)12-15-11(16-19-12)7-20(18)6-8-9(13)4-3-5-10(8)14/h3-5H,6-7H2,1-2H3. The molecule has 0 aliphatic rings. The van der Waals surface area contributed by atoms with Gasteiger partial charge in [0.15, 0.2) is 5.82 Å². The summed E-state index contributed by atoms with van der Waals surface area (Å²) in [6.45, 7) is 0. The smallest absolute Gasteiger partial charge is 0.204 e. The van der Waals surface area contributed by atoms with Gasteiger partial charge < -0.3 is 4.90 Å². The van der Waals surface area contributed by atoms with Gasteiger partial charge in [0.1, 0.15) is 5.82 Å². The zero-order valence-electron chi connectivity index (χ0n) is 11.0. The average molecular weight is 334 g/mol. The molecule has 2 rings (SSSR count). The Kier molecular flexibility index (Phi) is 5.06. The summed E-state index contributed by atoms with van der Waals surface area (Å²) in [4.78, 5) is 6.08. The highest BCUT2D eigenvalue weighted by atomic mass is 35.5. The zero-order chi connectivity index (χ0) is 14.7. The van der Waals surface area contributed by atoms with E-state index in [4.69, 9.17) is 11.6 Å². The van der Waals surface area contributed by atoms with E-state index in [9.17, 15) is 8.60 Å². The lowest BCUT2D eigenvalue weighted by Crippen LogP contribution is -2.08. The fourth-order valence-corrected chi connectivity index (χ4v) is 3.64. The van der Waals surface area contributed by atoms with Crippen LogP contribution in [0.4, 0.5) is 9.52 Å². The Morgan fingerprint density at radius 3 is 2.75 bits per heavy atom. The van der Waals surface area contributed by atoms with Crippen molar-refractivity contribution in [2.24, 2.45) is 0 Å². The SMILES string of the molecule is CN(C)c1nc(CS(=O)Cc2c(F)cccc2Cl)ns1. The normalized spacial score (nSPS) is 12.4. The second-order valence-electron chi connectivity index (χ2n) is 4.32. The molecule has 0 amide bonds. The van der Waals surface area contributed by atoms with Gasteiger partial charge in [-0.25, -0.2) is 9.37 Å². The topological polar surface area (TPSA) is 46.1 Å². The molecule has 8 heteroatoms. The van der Waals surface area contributed by atoms with E-state index in [0.717, 1.165) is 5.13 Å². The number of hydrogen-bond donors (Lipinski definition) is 0. The largest absolute Gasteiger partial charge is 0.353 e. The molecular weight excluding hydrogens is 321 g/mol. The summed E-state index contributed by atoms with van der Waals surface area (Å²) in [6.07, 6.45) is 0. The van der Waals surface area contributed by atoms with Crippen LogP contribution in [0.25, 0.3) is 0 Å². The van der Waals surface area contributed by atoms with Crippen LogP contribution >= 0.6 is 23.1 Å². The number of benzene rings is 1. The minimum Gasteiger partial charge on any atom is -0.353 e. The first-order chi connectivity index (χ1) is 9.47. The third kappa shape index (κ3) is 3.74. The summed E-state index contributed by atoms with van der Waals surface area (Å²) in [5.41, 5.74) is 0.274. The van der Waals surface area contributed by atoms with Gasteiger partial charge in [-0.3, -0.25) is 4.21 Å². The number of anilines is 1. The van der Waals surface area contributed by atoms with E-state index in [1.165, 1.54) is 23.7 Å². The first-order valence-corrected chi connectivity index (χ1v) is 8.39. The van der Waals surface area contributed by atoms with Crippen molar-refractivity contribution in [1.29, 1.82) is 0 Å². The molecule has 0 bridgehead atoms. The monoisotopic (exact) mass is 333 g/mol. The molecule has 1 aromatic carbocycles. The Bertz CT molecular complexity index is 613. The van der Waals surface area contributed by atoms with Gasteiger partial charge in [0.25, 0.3) is 0 Å². The second kappa shape index (κ2) is 6.60. The zero-order valence-corrected chi connectivity index (χ0v) is 13.4. The predicted octanol–water partition coefficient (Wildman–Crippen LogP) is 2.85. The number of halogens is 2. The minimum atomic E-state index is -1.30. The molecule has 108 valence electrons. The maximum absolute atomic E-state index is 13.6. The lowest BCUT2D eigenvalue weighted by molar-refractivity contribution is 0.615. The van der Waals surface area contributed by atoms with E-state index in [2.05, 4.69) is 9.36 Å². The lowest BCUT2D eigenvalue weighted by atomic mass is 10.2. The van der Waals surface area contributed by atoms with Gasteiger partial charge in [0.05, 0.1) is 11.5 Å². The Morgan fingerprint density at radius 1 is 1.40 bits per heavy atom. The van der Waals surface area contributed by atoms with E-state index in [1.54, 1.807) is 6.07 Å². The lowest BCUT2D eigenvalue weighted by Gasteiger charge is -2.05. The van der Waals surface area contributed by atoms with Gasteiger partial charge in [0.2, 0.25) is 5.13 Å². The molecule has 0 saturated heterocycles. The van der Waals surface area contributed by atoms with Crippen molar-refractivity contribution in [2.45, 2.75) is 11.5 Å². The molecule has 20 heavy (non-hydrogen) atoms. The van der Waals surface area contributed by atoms with E-state index < -0.39 is 16.6 Å². The number of hydrogen-bond acceptors (Lipinski definition) is 5. The van der Waals surface area contributed by atoms with Gasteiger partial charge in [-0.2, -0.15) is 4.37 Å². The molecule has 0 aliphatic carbocycles. The van der Waals surface area contributed by atoms with Crippen LogP contribution in [0.5, 0.6) is 0 Å². The third-order valence-corrected chi connectivity index (χ3v) is 4.96. The Balaban J connectivity index is 2.05. The minimum absolute atomic E-state index is 0.0576. The van der Waals surface area contributed by atoms with Gasteiger partial charge >= 0.3 is 0 Å². The van der Waals surface area contributed by atoms with Gasteiger partial charge in [-0.05, 0) is 12.1 Å². The van der Waals surface area contributed by atoms with E-state index >= 15 is 0 Å². The molecule has 0 fully saturated rings. The van der Waals surface area contributed by atoms with Gasteiger partial charge in [-0.1, -0.05) is 17.7 Å². The predicted molar refractivity (Wildman–Crippen MR) is 81.2 cm³/mol. The Hall–Kier alpha value is -1.05. The maximum atomic E-state index is 13.6. The van der Waals surface area contributed by atoms with Crippen molar-refractivity contribution in [3.63, 3.8) is 0 Å². The highest BCUT2D eigenvalue weighted by Gasteiger charge is 2.14. The van der Waals surface area contributed by atoms with E-state index in [0.29, 0.717) is 10.8 Å². The van der Waals surface area contributed by atoms with Crippen LogP contribution in [0.3, 0.4) is 0 Å². The number of nitrogens with zero attached hydrogens (tertiary/aromatic N) is 3. The van der Waals surface area contributed by atoms with Crippen molar-refractivity contribution in [1.82, 2.24) is 9.36 Å². The molecule has 1 aromatic heterocycles. The van der Waals surface area contributed by atoms with Crippen LogP contribution in [-0.4, -0.2) is 27.7 Å². The molecule has 0 spiro atoms. The summed E-state index contributed by atoms with van der Waals surface area (Å²) >= 11 is 7.15. The highest BCUT2D eigenvalue weighted by Crippen LogP contribution is 2.22. The van der Waals surface area contributed by atoms with Crippen LogP contribution in [0.2, 0.25) is 5.02 Å². The molecule has 1 heterocycles. The molecule has 1 atom stereocenters. The fourth-order valence-electron chi connectivity index (χ4n) is 1.51. The summed E-state index contributed by atoms with van der Waals surface area (Å²) in [5, 5.41) is 1.04. The number of aromatic nitrogens is 2. The second-order valence-corrected chi connectivity index (χ2v) is 6.91. The average Bonchev–Trinajstić information content (AvgIpc) is 2.82. The van der Waals surface area contributed by atoms with Crippen LogP contribution in [0, 0.1) is 5.82 Å². The maximum Gasteiger partial charge on any atom is 0.204 e. The quantitative estimate of drug-likeness (QED) is 0.844. The summed E-state index contributed by atoms with van der Waals surface area (Å²) in [5.74, 6) is 0.312. The van der Waals surface area contributed by atoms with E-state index in [1.807, 2.05) is 19.0 Å². The summed E-state index contributed by atoms with van der Waals surface area (Å²) in [7, 11) is 2.42. The molecule has 2 aromatic rings. The van der Waals surface area contributed by atoms with Crippen molar-refractivity contribution < 1.29 is 8.60 Å². The van der Waals surface area contributed by atoms with Gasteiger partial charge in [0, 0.05) is 47.0 Å². The molecular formula is C12H13ClFN3OS2. The molecule has 0 aliphatic heterocycles. The summed E-state index contributed by atoms with van der Waals surface area (Å²) < 4.78 is 29.8. The molecule has 1 unspecified atom stereocenters.